The molecule has 1 fully saturated rings. The van der Waals surface area contributed by atoms with Crippen molar-refractivity contribution in [3.63, 3.8) is 0 Å². The molecule has 1 aromatic heterocycles. The Labute approximate surface area is 166 Å². The summed E-state index contributed by atoms with van der Waals surface area (Å²) in [4.78, 5) is 2.66. The summed E-state index contributed by atoms with van der Waals surface area (Å²) in [5.41, 5.74) is 2.00. The molecule has 0 saturated carbocycles. The maximum Gasteiger partial charge on any atom is 0.246 e. The maximum absolute atomic E-state index is 13.0. The molecular weight excluding hydrogens is 372 g/mol. The Morgan fingerprint density at radius 2 is 1.71 bits per heavy atom. The molecule has 0 radical (unpaired) electrons. The minimum absolute atomic E-state index is 0.330. The largest absolute Gasteiger partial charge is 0.296 e. The second kappa shape index (κ2) is 7.66. The van der Waals surface area contributed by atoms with Gasteiger partial charge >= 0.3 is 0 Å². The van der Waals surface area contributed by atoms with E-state index in [0.29, 0.717) is 30.2 Å². The fourth-order valence-corrected chi connectivity index (χ4v) is 5.52. The molecular formula is C21H26N4O2S. The molecule has 0 amide bonds. The molecule has 0 aliphatic carbocycles. The molecule has 1 aliphatic heterocycles. The van der Waals surface area contributed by atoms with Gasteiger partial charge in [0, 0.05) is 39.3 Å². The minimum Gasteiger partial charge on any atom is -0.296 e. The highest BCUT2D eigenvalue weighted by Crippen LogP contribution is 2.23. The average molecular weight is 399 g/mol. The van der Waals surface area contributed by atoms with Gasteiger partial charge in [-0.2, -0.15) is 9.40 Å². The number of benzene rings is 2. The molecule has 0 bridgehead atoms. The Hall–Kier alpha value is -2.22. The van der Waals surface area contributed by atoms with Crippen molar-refractivity contribution in [2.24, 2.45) is 0 Å². The Morgan fingerprint density at radius 1 is 1.00 bits per heavy atom. The number of hydrogen-bond acceptors (Lipinski definition) is 4. The van der Waals surface area contributed by atoms with E-state index in [1.807, 2.05) is 13.8 Å². The molecule has 4 rings (SSSR count). The minimum atomic E-state index is -3.49. The van der Waals surface area contributed by atoms with Gasteiger partial charge in [0.05, 0.1) is 11.9 Å². The van der Waals surface area contributed by atoms with Crippen LogP contribution in [0, 0.1) is 6.92 Å². The third kappa shape index (κ3) is 3.45. The molecule has 0 N–H and O–H groups in total. The molecule has 7 heteroatoms. The first-order valence-electron chi connectivity index (χ1n) is 9.72. The van der Waals surface area contributed by atoms with Crippen LogP contribution in [-0.4, -0.2) is 53.6 Å². The van der Waals surface area contributed by atoms with Crippen LogP contribution < -0.4 is 0 Å². The first-order chi connectivity index (χ1) is 13.5. The van der Waals surface area contributed by atoms with Crippen LogP contribution in [0.5, 0.6) is 0 Å². The van der Waals surface area contributed by atoms with E-state index in [-0.39, 0.29) is 0 Å². The van der Waals surface area contributed by atoms with Crippen molar-refractivity contribution in [2.45, 2.75) is 31.8 Å². The molecule has 6 nitrogen and oxygen atoms in total. The van der Waals surface area contributed by atoms with Crippen LogP contribution in [0.25, 0.3) is 10.8 Å². The van der Waals surface area contributed by atoms with Gasteiger partial charge < -0.3 is 0 Å². The number of aryl methyl sites for hydroxylation is 1. The second-order valence-electron chi connectivity index (χ2n) is 7.23. The second-order valence-corrected chi connectivity index (χ2v) is 9.13. The Bertz CT molecular complexity index is 1080. The van der Waals surface area contributed by atoms with Crippen molar-refractivity contribution in [3.8, 4) is 0 Å². The summed E-state index contributed by atoms with van der Waals surface area (Å²) in [6.45, 7) is 7.74. The first kappa shape index (κ1) is 19.1. The van der Waals surface area contributed by atoms with Crippen molar-refractivity contribution in [1.82, 2.24) is 19.0 Å². The van der Waals surface area contributed by atoms with Gasteiger partial charge in [0.15, 0.2) is 0 Å². The van der Waals surface area contributed by atoms with Crippen LogP contribution in [0.15, 0.2) is 53.6 Å². The highest BCUT2D eigenvalue weighted by atomic mass is 32.2. The number of aromatic nitrogens is 2. The summed E-state index contributed by atoms with van der Waals surface area (Å²) in [5, 5.41) is 6.70. The van der Waals surface area contributed by atoms with Gasteiger partial charge in [0.1, 0.15) is 4.90 Å². The van der Waals surface area contributed by atoms with Crippen LogP contribution in [0.1, 0.15) is 18.2 Å². The van der Waals surface area contributed by atoms with E-state index in [9.17, 15) is 8.42 Å². The summed E-state index contributed by atoms with van der Waals surface area (Å²) in [5.74, 6) is 0. The van der Waals surface area contributed by atoms with Crippen molar-refractivity contribution in [1.29, 1.82) is 0 Å². The molecule has 0 atom stereocenters. The van der Waals surface area contributed by atoms with E-state index in [0.717, 1.165) is 19.6 Å². The molecule has 1 aliphatic rings. The Balaban J connectivity index is 1.46. The smallest absolute Gasteiger partial charge is 0.246 e. The molecule has 1 saturated heterocycles. The van der Waals surface area contributed by atoms with E-state index in [2.05, 4.69) is 52.5 Å². The standard InChI is InChI=1S/C21H26N4O2S/c1-3-25-17(2)21(15-22-25)28(26,27)24-13-11-23(12-14-24)16-19-9-6-8-18-7-4-5-10-20(18)19/h4-10,15H,3,11-14,16H2,1-2H3. The topological polar surface area (TPSA) is 58.4 Å². The van der Waals surface area contributed by atoms with Crippen molar-refractivity contribution >= 4 is 20.8 Å². The first-order valence-corrected chi connectivity index (χ1v) is 11.2. The summed E-state index contributed by atoms with van der Waals surface area (Å²) in [7, 11) is -3.49. The molecule has 28 heavy (non-hydrogen) atoms. The van der Waals surface area contributed by atoms with Crippen LogP contribution in [-0.2, 0) is 23.1 Å². The highest BCUT2D eigenvalue weighted by Gasteiger charge is 2.31. The van der Waals surface area contributed by atoms with Crippen LogP contribution in [0.3, 0.4) is 0 Å². The number of fused-ring (bicyclic) bond motifs is 1. The van der Waals surface area contributed by atoms with E-state index in [1.165, 1.54) is 22.5 Å². The average Bonchev–Trinajstić information content (AvgIpc) is 3.10. The molecule has 2 heterocycles. The van der Waals surface area contributed by atoms with Crippen molar-refractivity contribution < 1.29 is 8.42 Å². The lowest BCUT2D eigenvalue weighted by atomic mass is 10.0. The fourth-order valence-electron chi connectivity index (χ4n) is 3.94. The van der Waals surface area contributed by atoms with Gasteiger partial charge in [-0.05, 0) is 30.2 Å². The number of sulfonamides is 1. The molecule has 0 unspecified atom stereocenters. The number of hydrogen-bond donors (Lipinski definition) is 0. The van der Waals surface area contributed by atoms with Crippen LogP contribution in [0.2, 0.25) is 0 Å². The zero-order chi connectivity index (χ0) is 19.7. The summed E-state index contributed by atoms with van der Waals surface area (Å²) in [6, 6.07) is 14.8. The highest BCUT2D eigenvalue weighted by molar-refractivity contribution is 7.89. The fraction of sp³-hybridized carbons (Fsp3) is 0.381. The third-order valence-electron chi connectivity index (χ3n) is 5.58. The normalized spacial score (nSPS) is 16.6. The molecule has 0 spiro atoms. The van der Waals surface area contributed by atoms with E-state index < -0.39 is 10.0 Å². The molecule has 3 aromatic rings. The van der Waals surface area contributed by atoms with E-state index in [1.54, 1.807) is 8.99 Å². The third-order valence-corrected chi connectivity index (χ3v) is 7.58. The quantitative estimate of drug-likeness (QED) is 0.663. The zero-order valence-corrected chi connectivity index (χ0v) is 17.2. The molecule has 148 valence electrons. The Morgan fingerprint density at radius 3 is 2.43 bits per heavy atom. The van der Waals surface area contributed by atoms with E-state index >= 15 is 0 Å². The van der Waals surface area contributed by atoms with Gasteiger partial charge in [-0.15, -0.1) is 0 Å². The summed E-state index contributed by atoms with van der Waals surface area (Å²) in [6.07, 6.45) is 1.48. The SMILES string of the molecule is CCn1ncc(S(=O)(=O)N2CCN(Cc3cccc4ccccc34)CC2)c1C. The van der Waals surface area contributed by atoms with Gasteiger partial charge in [0.2, 0.25) is 10.0 Å². The molecule has 2 aromatic carbocycles. The summed E-state index contributed by atoms with van der Waals surface area (Å²) >= 11 is 0. The predicted octanol–water partition coefficient (Wildman–Crippen LogP) is 2.87. The lowest BCUT2D eigenvalue weighted by Crippen LogP contribution is -2.48. The van der Waals surface area contributed by atoms with Gasteiger partial charge in [-0.25, -0.2) is 8.42 Å². The van der Waals surface area contributed by atoms with Crippen molar-refractivity contribution in [2.75, 3.05) is 26.2 Å². The maximum atomic E-state index is 13.0. The zero-order valence-electron chi connectivity index (χ0n) is 16.4. The monoisotopic (exact) mass is 398 g/mol. The Kier molecular flexibility index (Phi) is 5.23. The number of nitrogens with zero attached hydrogens (tertiary/aromatic N) is 4. The van der Waals surface area contributed by atoms with Gasteiger partial charge in [0.25, 0.3) is 0 Å². The lowest BCUT2D eigenvalue weighted by Gasteiger charge is -2.34. The lowest BCUT2D eigenvalue weighted by molar-refractivity contribution is 0.182. The van der Waals surface area contributed by atoms with Gasteiger partial charge in [-0.3, -0.25) is 9.58 Å². The van der Waals surface area contributed by atoms with Gasteiger partial charge in [-0.1, -0.05) is 42.5 Å². The van der Waals surface area contributed by atoms with E-state index in [4.69, 9.17) is 0 Å². The number of rotatable bonds is 5. The summed E-state index contributed by atoms with van der Waals surface area (Å²) < 4.78 is 29.4. The van der Waals surface area contributed by atoms with Crippen LogP contribution >= 0.6 is 0 Å². The van der Waals surface area contributed by atoms with Crippen LogP contribution in [0.4, 0.5) is 0 Å². The number of piperazine rings is 1. The van der Waals surface area contributed by atoms with Crippen molar-refractivity contribution in [3.05, 3.63) is 59.9 Å². The predicted molar refractivity (Wildman–Crippen MR) is 111 cm³/mol.